The quantitative estimate of drug-likeness (QED) is 0.274. The fraction of sp³-hybridized carbons (Fsp3) is 0.385. The smallest absolute Gasteiger partial charge is 0.329 e. The minimum absolute atomic E-state index is 0.112. The Labute approximate surface area is 195 Å². The zero-order chi connectivity index (χ0) is 23.3. The van der Waals surface area contributed by atoms with E-state index in [0.29, 0.717) is 18.8 Å². The number of hydrogen-bond donors (Lipinski definition) is 2. The summed E-state index contributed by atoms with van der Waals surface area (Å²) >= 11 is 0. The number of ether oxygens (including phenoxy) is 1. The highest BCUT2D eigenvalue weighted by atomic mass is 16.7. The van der Waals surface area contributed by atoms with Crippen molar-refractivity contribution in [3.05, 3.63) is 77.9 Å². The second-order valence-electron chi connectivity index (χ2n) is 8.14. The summed E-state index contributed by atoms with van der Waals surface area (Å²) in [5, 5.41) is 13.9. The van der Waals surface area contributed by atoms with Crippen molar-refractivity contribution in [3.63, 3.8) is 0 Å². The maximum Gasteiger partial charge on any atom is 0.329 e. The molecule has 1 aliphatic heterocycles. The van der Waals surface area contributed by atoms with E-state index >= 15 is 0 Å². The fourth-order valence-corrected chi connectivity index (χ4v) is 3.77. The van der Waals surface area contributed by atoms with Gasteiger partial charge in [0.05, 0.1) is 0 Å². The second kappa shape index (κ2) is 13.4. The van der Waals surface area contributed by atoms with Crippen LogP contribution in [0.2, 0.25) is 0 Å². The van der Waals surface area contributed by atoms with Gasteiger partial charge in [0, 0.05) is 6.42 Å². The molecule has 7 nitrogen and oxygen atoms in total. The maximum atomic E-state index is 11.8. The van der Waals surface area contributed by atoms with Gasteiger partial charge in [-0.05, 0) is 61.5 Å². The monoisotopic (exact) mass is 452 g/mol. The van der Waals surface area contributed by atoms with Crippen LogP contribution in [-0.2, 0) is 27.5 Å². The van der Waals surface area contributed by atoms with E-state index in [1.807, 2.05) is 60.7 Å². The van der Waals surface area contributed by atoms with Crippen molar-refractivity contribution in [2.24, 2.45) is 5.92 Å². The summed E-state index contributed by atoms with van der Waals surface area (Å²) < 4.78 is 5.75. The van der Waals surface area contributed by atoms with Crippen LogP contribution in [0.15, 0.2) is 66.7 Å². The normalized spacial score (nSPS) is 15.3. The van der Waals surface area contributed by atoms with Crippen molar-refractivity contribution in [2.45, 2.75) is 38.3 Å². The Morgan fingerprint density at radius 1 is 1.06 bits per heavy atom. The van der Waals surface area contributed by atoms with Crippen LogP contribution in [0.1, 0.15) is 30.4 Å². The summed E-state index contributed by atoms with van der Waals surface area (Å²) in [5.41, 5.74) is 1.62. The summed E-state index contributed by atoms with van der Waals surface area (Å²) in [5.74, 6) is 0.339. The number of carbonyl (C=O) groups excluding carboxylic acids is 1. The van der Waals surface area contributed by atoms with Gasteiger partial charge < -0.3 is 15.2 Å². The highest BCUT2D eigenvalue weighted by Gasteiger charge is 2.26. The minimum Gasteiger partial charge on any atom is -0.490 e. The van der Waals surface area contributed by atoms with Crippen LogP contribution in [-0.4, -0.2) is 48.3 Å². The Morgan fingerprint density at radius 3 is 2.45 bits per heavy atom. The molecule has 3 rings (SSSR count). The predicted molar refractivity (Wildman–Crippen MR) is 126 cm³/mol. The number of piperidine rings is 1. The lowest BCUT2D eigenvalue weighted by Gasteiger charge is -2.24. The first-order valence-corrected chi connectivity index (χ1v) is 11.4. The highest BCUT2D eigenvalue weighted by molar-refractivity contribution is 5.76. The number of hydroxylamine groups is 2. The molecule has 1 amide bonds. The lowest BCUT2D eigenvalue weighted by atomic mass is 9.95. The molecule has 1 unspecified atom stereocenters. The predicted octanol–water partition coefficient (Wildman–Crippen LogP) is 3.60. The van der Waals surface area contributed by atoms with Crippen molar-refractivity contribution in [2.75, 3.05) is 19.7 Å². The highest BCUT2D eigenvalue weighted by Crippen LogP contribution is 2.18. The molecule has 176 valence electrons. The van der Waals surface area contributed by atoms with Gasteiger partial charge in [-0.15, -0.1) is 0 Å². The SMILES string of the molecule is O=CN(OCc1ccccc1)C(Cc1ccc(OCC=CCC2CCNCC2)cc1)C(=O)O. The average molecular weight is 453 g/mol. The van der Waals surface area contributed by atoms with E-state index in [1.165, 1.54) is 12.8 Å². The number of carboxylic acids is 1. The number of carbonyl (C=O) groups is 2. The van der Waals surface area contributed by atoms with E-state index in [0.717, 1.165) is 41.6 Å². The second-order valence-corrected chi connectivity index (χ2v) is 8.14. The van der Waals surface area contributed by atoms with Crippen molar-refractivity contribution < 1.29 is 24.3 Å². The molecule has 33 heavy (non-hydrogen) atoms. The first-order chi connectivity index (χ1) is 16.2. The van der Waals surface area contributed by atoms with Gasteiger partial charge in [-0.25, -0.2) is 9.86 Å². The largest absolute Gasteiger partial charge is 0.490 e. The summed E-state index contributed by atoms with van der Waals surface area (Å²) in [7, 11) is 0. The molecule has 2 aromatic rings. The molecule has 2 N–H and O–H groups in total. The molecule has 0 saturated carbocycles. The lowest BCUT2D eigenvalue weighted by Crippen LogP contribution is -2.41. The van der Waals surface area contributed by atoms with Gasteiger partial charge in [-0.2, -0.15) is 0 Å². The minimum atomic E-state index is -1.13. The van der Waals surface area contributed by atoms with Gasteiger partial charge in [0.15, 0.2) is 6.04 Å². The van der Waals surface area contributed by atoms with Crippen LogP contribution in [0, 0.1) is 5.92 Å². The molecule has 1 fully saturated rings. The van der Waals surface area contributed by atoms with Crippen LogP contribution >= 0.6 is 0 Å². The average Bonchev–Trinajstić information content (AvgIpc) is 2.85. The van der Waals surface area contributed by atoms with E-state index in [2.05, 4.69) is 11.4 Å². The molecule has 1 atom stereocenters. The summed E-state index contributed by atoms with van der Waals surface area (Å²) in [4.78, 5) is 28.7. The first-order valence-electron chi connectivity index (χ1n) is 11.4. The number of carboxylic acid groups (broad SMARTS) is 1. The zero-order valence-corrected chi connectivity index (χ0v) is 18.8. The molecule has 1 saturated heterocycles. The van der Waals surface area contributed by atoms with E-state index in [1.54, 1.807) is 0 Å². The fourth-order valence-electron chi connectivity index (χ4n) is 3.77. The Morgan fingerprint density at radius 2 is 1.79 bits per heavy atom. The van der Waals surface area contributed by atoms with Gasteiger partial charge in [0.1, 0.15) is 19.0 Å². The third-order valence-electron chi connectivity index (χ3n) is 5.71. The van der Waals surface area contributed by atoms with Crippen molar-refractivity contribution in [1.82, 2.24) is 10.4 Å². The molecule has 7 heteroatoms. The van der Waals surface area contributed by atoms with Crippen molar-refractivity contribution in [1.29, 1.82) is 0 Å². The van der Waals surface area contributed by atoms with Gasteiger partial charge in [0.25, 0.3) is 0 Å². The lowest BCUT2D eigenvalue weighted by molar-refractivity contribution is -0.200. The van der Waals surface area contributed by atoms with Crippen molar-refractivity contribution >= 4 is 12.4 Å². The molecule has 1 heterocycles. The van der Waals surface area contributed by atoms with Crippen LogP contribution in [0.4, 0.5) is 0 Å². The van der Waals surface area contributed by atoms with E-state index in [-0.39, 0.29) is 13.0 Å². The van der Waals surface area contributed by atoms with Crippen LogP contribution < -0.4 is 10.1 Å². The molecular weight excluding hydrogens is 420 g/mol. The number of nitrogens with one attached hydrogen (secondary N) is 1. The zero-order valence-electron chi connectivity index (χ0n) is 18.8. The number of allylic oxidation sites excluding steroid dienone is 1. The summed E-state index contributed by atoms with van der Waals surface area (Å²) in [6.07, 6.45) is 8.30. The van der Waals surface area contributed by atoms with Gasteiger partial charge in [0.2, 0.25) is 6.41 Å². The van der Waals surface area contributed by atoms with Crippen molar-refractivity contribution in [3.8, 4) is 5.75 Å². The summed E-state index contributed by atoms with van der Waals surface area (Å²) in [6.45, 7) is 2.82. The number of hydrogen-bond acceptors (Lipinski definition) is 5. The van der Waals surface area contributed by atoms with E-state index in [4.69, 9.17) is 9.57 Å². The van der Waals surface area contributed by atoms with Crippen LogP contribution in [0.3, 0.4) is 0 Å². The van der Waals surface area contributed by atoms with Crippen LogP contribution in [0.5, 0.6) is 5.75 Å². The molecule has 0 radical (unpaired) electrons. The molecule has 0 spiro atoms. The number of aliphatic carboxylic acids is 1. The molecule has 2 aromatic carbocycles. The molecule has 0 aliphatic carbocycles. The number of amides is 1. The number of nitrogens with zero attached hydrogens (tertiary/aromatic N) is 1. The van der Waals surface area contributed by atoms with Gasteiger partial charge in [-0.1, -0.05) is 54.6 Å². The molecule has 1 aliphatic rings. The topological polar surface area (TPSA) is 88.1 Å². The Hall–Kier alpha value is -3.16. The Kier molecular flexibility index (Phi) is 9.94. The molecule has 0 aromatic heterocycles. The molecule has 0 bridgehead atoms. The number of benzene rings is 2. The van der Waals surface area contributed by atoms with E-state index < -0.39 is 12.0 Å². The van der Waals surface area contributed by atoms with E-state index in [9.17, 15) is 14.7 Å². The third-order valence-corrected chi connectivity index (χ3v) is 5.71. The third kappa shape index (κ3) is 8.36. The standard InChI is InChI=1S/C26H32N2O5/c29-20-28(33-19-23-7-2-1-3-8-23)25(26(30)31)18-22-9-11-24(12-10-22)32-17-5-4-6-21-13-15-27-16-14-21/h1-5,7-12,20-21,25,27H,6,13-19H2,(H,30,31). The first kappa shape index (κ1) is 24.5. The number of rotatable bonds is 13. The Bertz CT molecular complexity index is 879. The Balaban J connectivity index is 1.47. The van der Waals surface area contributed by atoms with Crippen LogP contribution in [0.25, 0.3) is 0 Å². The van der Waals surface area contributed by atoms with Gasteiger partial charge in [-0.3, -0.25) is 9.63 Å². The molecular formula is C26H32N2O5. The summed E-state index contributed by atoms with van der Waals surface area (Å²) in [6, 6.07) is 15.4. The van der Waals surface area contributed by atoms with Gasteiger partial charge >= 0.3 is 5.97 Å². The maximum absolute atomic E-state index is 11.8.